The monoisotopic (exact) mass is 291 g/mol. The van der Waals surface area contributed by atoms with Gasteiger partial charge in [0, 0.05) is 11.1 Å². The van der Waals surface area contributed by atoms with E-state index in [9.17, 15) is 8.42 Å². The maximum atomic E-state index is 11.7. The van der Waals surface area contributed by atoms with Crippen LogP contribution in [0.25, 0.3) is 0 Å². The van der Waals surface area contributed by atoms with E-state index in [4.69, 9.17) is 0 Å². The molecule has 1 rings (SSSR count). The first kappa shape index (κ1) is 15.6. The van der Waals surface area contributed by atoms with Gasteiger partial charge in [0.15, 0.2) is 0 Å². The van der Waals surface area contributed by atoms with Crippen molar-refractivity contribution in [3.63, 3.8) is 0 Å². The lowest BCUT2D eigenvalue weighted by Crippen LogP contribution is -2.26. The quantitative estimate of drug-likeness (QED) is 0.672. The van der Waals surface area contributed by atoms with Gasteiger partial charge < -0.3 is 5.32 Å². The molecule has 0 bridgehead atoms. The molecule has 7 heteroatoms. The van der Waals surface area contributed by atoms with Crippen LogP contribution in [0, 0.1) is 6.92 Å². The van der Waals surface area contributed by atoms with Crippen molar-refractivity contribution in [2.45, 2.75) is 33.2 Å². The van der Waals surface area contributed by atoms with Crippen LogP contribution in [0.2, 0.25) is 0 Å². The molecule has 1 aromatic rings. The van der Waals surface area contributed by atoms with Crippen molar-refractivity contribution < 1.29 is 8.42 Å². The molecule has 1 aromatic heterocycles. The molecule has 0 aliphatic heterocycles. The molecule has 0 amide bonds. The van der Waals surface area contributed by atoms with E-state index in [1.165, 1.54) is 11.3 Å². The Morgan fingerprint density at radius 2 is 2.17 bits per heavy atom. The fourth-order valence-electron chi connectivity index (χ4n) is 1.45. The molecule has 0 unspecified atom stereocenters. The third-order valence-electron chi connectivity index (χ3n) is 2.38. The van der Waals surface area contributed by atoms with Crippen molar-refractivity contribution >= 4 is 21.4 Å². The maximum Gasteiger partial charge on any atom is 0.211 e. The minimum absolute atomic E-state index is 0.183. The van der Waals surface area contributed by atoms with Crippen LogP contribution in [0.1, 0.15) is 29.7 Å². The highest BCUT2D eigenvalue weighted by Gasteiger charge is 2.10. The number of aromatic nitrogens is 1. The normalized spacial score (nSPS) is 11.9. The number of sulfonamides is 1. The van der Waals surface area contributed by atoms with E-state index in [2.05, 4.69) is 15.0 Å². The zero-order valence-corrected chi connectivity index (χ0v) is 12.5. The Morgan fingerprint density at radius 1 is 1.39 bits per heavy atom. The van der Waals surface area contributed by atoms with Gasteiger partial charge in [-0.15, -0.1) is 11.3 Å². The standard InChI is InChI=1S/C11H21N3O2S2/c1-3-12-6-4-5-7-18(15,16)14-9-11-13-8-10(2)17-11/h8,12,14H,3-7,9H2,1-2H3. The molecule has 0 radical (unpaired) electrons. The molecule has 0 fully saturated rings. The smallest absolute Gasteiger partial charge is 0.211 e. The number of hydrogen-bond acceptors (Lipinski definition) is 5. The summed E-state index contributed by atoms with van der Waals surface area (Å²) in [6.45, 7) is 6.09. The zero-order chi connectivity index (χ0) is 13.4. The molecule has 0 atom stereocenters. The minimum atomic E-state index is -3.17. The van der Waals surface area contributed by atoms with Gasteiger partial charge in [-0.05, 0) is 32.9 Å². The van der Waals surface area contributed by atoms with Crippen LogP contribution in [-0.2, 0) is 16.6 Å². The Kier molecular flexibility index (Phi) is 6.77. The molecular weight excluding hydrogens is 270 g/mol. The van der Waals surface area contributed by atoms with Gasteiger partial charge in [0.05, 0.1) is 12.3 Å². The Balaban J connectivity index is 2.23. The Hall–Kier alpha value is -0.500. The summed E-state index contributed by atoms with van der Waals surface area (Å²) in [7, 11) is -3.17. The summed E-state index contributed by atoms with van der Waals surface area (Å²) in [5.41, 5.74) is 0. The molecular formula is C11H21N3O2S2. The molecule has 0 spiro atoms. The first-order valence-electron chi connectivity index (χ1n) is 6.13. The van der Waals surface area contributed by atoms with Crippen molar-refractivity contribution in [3.05, 3.63) is 16.1 Å². The lowest BCUT2D eigenvalue weighted by Gasteiger charge is -2.05. The highest BCUT2D eigenvalue weighted by atomic mass is 32.2. The molecule has 5 nitrogen and oxygen atoms in total. The molecule has 18 heavy (non-hydrogen) atoms. The first-order valence-corrected chi connectivity index (χ1v) is 8.59. The Labute approximate surface area is 113 Å². The van der Waals surface area contributed by atoms with E-state index in [-0.39, 0.29) is 5.75 Å². The van der Waals surface area contributed by atoms with E-state index in [0.717, 1.165) is 29.4 Å². The van der Waals surface area contributed by atoms with Crippen LogP contribution < -0.4 is 10.0 Å². The number of hydrogen-bond donors (Lipinski definition) is 2. The summed E-state index contributed by atoms with van der Waals surface area (Å²) in [4.78, 5) is 5.21. The highest BCUT2D eigenvalue weighted by Crippen LogP contribution is 2.10. The van der Waals surface area contributed by atoms with E-state index in [0.29, 0.717) is 13.0 Å². The predicted octanol–water partition coefficient (Wildman–Crippen LogP) is 1.26. The van der Waals surface area contributed by atoms with Gasteiger partial charge in [-0.1, -0.05) is 6.92 Å². The maximum absolute atomic E-state index is 11.7. The van der Waals surface area contributed by atoms with Crippen molar-refractivity contribution in [3.8, 4) is 0 Å². The second kappa shape index (κ2) is 7.83. The van der Waals surface area contributed by atoms with Crippen LogP contribution >= 0.6 is 11.3 Å². The highest BCUT2D eigenvalue weighted by molar-refractivity contribution is 7.89. The second-order valence-corrected chi connectivity index (χ2v) is 7.31. The summed E-state index contributed by atoms with van der Waals surface area (Å²) < 4.78 is 26.0. The van der Waals surface area contributed by atoms with Crippen molar-refractivity contribution in [1.82, 2.24) is 15.0 Å². The largest absolute Gasteiger partial charge is 0.317 e. The fraction of sp³-hybridized carbons (Fsp3) is 0.727. The molecule has 0 saturated heterocycles. The van der Waals surface area contributed by atoms with E-state index < -0.39 is 10.0 Å². The second-order valence-electron chi connectivity index (χ2n) is 4.07. The molecule has 0 aliphatic carbocycles. The molecule has 2 N–H and O–H groups in total. The molecule has 0 aromatic carbocycles. The summed E-state index contributed by atoms with van der Waals surface area (Å²) in [6, 6.07) is 0. The van der Waals surface area contributed by atoms with Gasteiger partial charge in [-0.25, -0.2) is 18.1 Å². The topological polar surface area (TPSA) is 71.1 Å². The van der Waals surface area contributed by atoms with E-state index >= 15 is 0 Å². The third-order valence-corrected chi connectivity index (χ3v) is 4.70. The van der Waals surface area contributed by atoms with Crippen LogP contribution in [0.4, 0.5) is 0 Å². The number of rotatable bonds is 9. The van der Waals surface area contributed by atoms with Gasteiger partial charge in [0.1, 0.15) is 5.01 Å². The Morgan fingerprint density at radius 3 is 2.78 bits per heavy atom. The van der Waals surface area contributed by atoms with Gasteiger partial charge in [-0.3, -0.25) is 0 Å². The van der Waals surface area contributed by atoms with Crippen LogP contribution in [0.15, 0.2) is 6.20 Å². The average Bonchev–Trinajstić information content (AvgIpc) is 2.73. The van der Waals surface area contributed by atoms with Gasteiger partial charge >= 0.3 is 0 Å². The molecule has 0 saturated carbocycles. The first-order chi connectivity index (χ1) is 8.53. The number of nitrogens with zero attached hydrogens (tertiary/aromatic N) is 1. The SMILES string of the molecule is CCNCCCCS(=O)(=O)NCc1ncc(C)s1. The number of unbranched alkanes of at least 4 members (excludes halogenated alkanes) is 1. The van der Waals surface area contributed by atoms with Gasteiger partial charge in [0.2, 0.25) is 10.0 Å². The minimum Gasteiger partial charge on any atom is -0.317 e. The van der Waals surface area contributed by atoms with Gasteiger partial charge in [-0.2, -0.15) is 0 Å². The molecule has 104 valence electrons. The summed E-state index contributed by atoms with van der Waals surface area (Å²) in [5.74, 6) is 0.183. The van der Waals surface area contributed by atoms with E-state index in [1.54, 1.807) is 6.20 Å². The number of thiazole rings is 1. The summed E-state index contributed by atoms with van der Waals surface area (Å²) in [5, 5.41) is 3.98. The molecule has 0 aliphatic rings. The lowest BCUT2D eigenvalue weighted by molar-refractivity contribution is 0.574. The van der Waals surface area contributed by atoms with Crippen molar-refractivity contribution in [2.75, 3.05) is 18.8 Å². The van der Waals surface area contributed by atoms with Crippen LogP contribution in [0.5, 0.6) is 0 Å². The zero-order valence-electron chi connectivity index (χ0n) is 10.9. The third kappa shape index (κ3) is 6.44. The van der Waals surface area contributed by atoms with E-state index in [1.807, 2.05) is 13.8 Å². The van der Waals surface area contributed by atoms with Crippen molar-refractivity contribution in [2.24, 2.45) is 0 Å². The fourth-order valence-corrected chi connectivity index (χ4v) is 3.35. The number of nitrogens with one attached hydrogen (secondary N) is 2. The summed E-state index contributed by atoms with van der Waals surface area (Å²) >= 11 is 1.52. The molecule has 1 heterocycles. The van der Waals surface area contributed by atoms with Crippen molar-refractivity contribution in [1.29, 1.82) is 0 Å². The predicted molar refractivity (Wildman–Crippen MR) is 75.3 cm³/mol. The van der Waals surface area contributed by atoms with Crippen LogP contribution in [-0.4, -0.2) is 32.2 Å². The van der Waals surface area contributed by atoms with Gasteiger partial charge in [0.25, 0.3) is 0 Å². The number of aryl methyl sites for hydroxylation is 1. The Bertz CT molecular complexity index is 443. The average molecular weight is 291 g/mol. The lowest BCUT2D eigenvalue weighted by atomic mass is 10.3. The summed E-state index contributed by atoms with van der Waals surface area (Å²) in [6.07, 6.45) is 3.31. The van der Waals surface area contributed by atoms with Crippen LogP contribution in [0.3, 0.4) is 0 Å².